The molecule has 2 amide bonds. The second-order valence-corrected chi connectivity index (χ2v) is 4.75. The Morgan fingerprint density at radius 2 is 2.00 bits per heavy atom. The maximum atomic E-state index is 11.7. The minimum absolute atomic E-state index is 0.345. The summed E-state index contributed by atoms with van der Waals surface area (Å²) in [6, 6.07) is -1.21. The first-order chi connectivity index (χ1) is 8.38. The molecule has 0 aromatic carbocycles. The van der Waals surface area contributed by atoms with Gasteiger partial charge in [-0.15, -0.1) is 0 Å². The minimum Gasteiger partial charge on any atom is -0.480 e. The van der Waals surface area contributed by atoms with E-state index in [-0.39, 0.29) is 6.03 Å². The van der Waals surface area contributed by atoms with Gasteiger partial charge in [-0.1, -0.05) is 13.8 Å². The van der Waals surface area contributed by atoms with Crippen molar-refractivity contribution in [2.24, 2.45) is 5.92 Å². The van der Waals surface area contributed by atoms with Crippen LogP contribution in [0.5, 0.6) is 0 Å². The van der Waals surface area contributed by atoms with Crippen LogP contribution in [0.2, 0.25) is 0 Å². The highest BCUT2D eigenvalue weighted by molar-refractivity contribution is 5.82. The van der Waals surface area contributed by atoms with Gasteiger partial charge in [0.25, 0.3) is 0 Å². The molecule has 0 heterocycles. The highest BCUT2D eigenvalue weighted by Crippen LogP contribution is 2.01. The number of carbonyl (C=O) groups is 2. The van der Waals surface area contributed by atoms with E-state index in [0.717, 1.165) is 0 Å². The molecule has 6 heteroatoms. The Balaban J connectivity index is 4.22. The molecule has 18 heavy (non-hydrogen) atoms. The molecule has 0 aromatic rings. The van der Waals surface area contributed by atoms with Crippen molar-refractivity contribution < 1.29 is 19.4 Å². The number of amides is 2. The van der Waals surface area contributed by atoms with Crippen LogP contribution in [0, 0.1) is 5.92 Å². The monoisotopic (exact) mass is 260 g/mol. The van der Waals surface area contributed by atoms with E-state index in [1.807, 2.05) is 13.8 Å². The number of nitrogens with one attached hydrogen (secondary N) is 1. The summed E-state index contributed by atoms with van der Waals surface area (Å²) in [6.07, 6.45) is 0.964. The van der Waals surface area contributed by atoms with Crippen molar-refractivity contribution in [1.82, 2.24) is 10.2 Å². The lowest BCUT2D eigenvalue weighted by Crippen LogP contribution is -2.47. The molecule has 6 nitrogen and oxygen atoms in total. The van der Waals surface area contributed by atoms with Gasteiger partial charge in [-0.2, -0.15) is 0 Å². The number of carboxylic acids is 1. The van der Waals surface area contributed by atoms with Crippen LogP contribution in [0.3, 0.4) is 0 Å². The van der Waals surface area contributed by atoms with Gasteiger partial charge < -0.3 is 20.1 Å². The fourth-order valence-electron chi connectivity index (χ4n) is 1.58. The number of methoxy groups -OCH3 is 1. The Morgan fingerprint density at radius 3 is 2.44 bits per heavy atom. The minimum atomic E-state index is -1.02. The lowest BCUT2D eigenvalue weighted by molar-refractivity contribution is -0.139. The Labute approximate surface area is 108 Å². The molecule has 1 atom stereocenters. The molecule has 0 rings (SSSR count). The molecule has 0 spiro atoms. The van der Waals surface area contributed by atoms with E-state index in [2.05, 4.69) is 5.32 Å². The molecule has 1 unspecified atom stereocenters. The molecule has 0 bridgehead atoms. The zero-order valence-electron chi connectivity index (χ0n) is 11.6. The number of carbonyl (C=O) groups excluding carboxylic acids is 1. The third kappa shape index (κ3) is 7.11. The smallest absolute Gasteiger partial charge is 0.326 e. The van der Waals surface area contributed by atoms with Crippen LogP contribution in [-0.4, -0.2) is 55.4 Å². The van der Waals surface area contributed by atoms with Crippen LogP contribution >= 0.6 is 0 Å². The third-order valence-corrected chi connectivity index (χ3v) is 2.42. The second-order valence-electron chi connectivity index (χ2n) is 4.75. The van der Waals surface area contributed by atoms with Crippen LogP contribution < -0.4 is 5.32 Å². The fraction of sp³-hybridized carbons (Fsp3) is 0.833. The average Bonchev–Trinajstić information content (AvgIpc) is 2.26. The van der Waals surface area contributed by atoms with Crippen molar-refractivity contribution in [3.8, 4) is 0 Å². The zero-order chi connectivity index (χ0) is 14.1. The van der Waals surface area contributed by atoms with E-state index < -0.39 is 12.0 Å². The summed E-state index contributed by atoms with van der Waals surface area (Å²) in [4.78, 5) is 24.2. The molecule has 0 aliphatic heterocycles. The summed E-state index contributed by atoms with van der Waals surface area (Å²) < 4.78 is 4.86. The van der Waals surface area contributed by atoms with Gasteiger partial charge in [0.2, 0.25) is 0 Å². The highest BCUT2D eigenvalue weighted by atomic mass is 16.5. The summed E-state index contributed by atoms with van der Waals surface area (Å²) in [5.74, 6) is -0.671. The Bertz CT molecular complexity index is 269. The van der Waals surface area contributed by atoms with Gasteiger partial charge in [0.05, 0.1) is 0 Å². The normalized spacial score (nSPS) is 12.3. The zero-order valence-corrected chi connectivity index (χ0v) is 11.6. The quantitative estimate of drug-likeness (QED) is 0.642. The fourth-order valence-corrected chi connectivity index (χ4v) is 1.58. The molecular weight excluding hydrogens is 236 g/mol. The summed E-state index contributed by atoms with van der Waals surface area (Å²) >= 11 is 0. The van der Waals surface area contributed by atoms with Gasteiger partial charge in [0.1, 0.15) is 6.04 Å². The van der Waals surface area contributed by atoms with Gasteiger partial charge in [-0.25, -0.2) is 9.59 Å². The SMILES string of the molecule is COCCCC(NC(=O)N(C)CC(C)C)C(=O)O. The van der Waals surface area contributed by atoms with Crippen LogP contribution in [-0.2, 0) is 9.53 Å². The van der Waals surface area contributed by atoms with Crippen molar-refractivity contribution in [2.75, 3.05) is 27.3 Å². The Kier molecular flexibility index (Phi) is 8.11. The number of aliphatic carboxylic acids is 1. The number of nitrogens with zero attached hydrogens (tertiary/aromatic N) is 1. The number of urea groups is 1. The predicted molar refractivity (Wildman–Crippen MR) is 68.5 cm³/mol. The molecule has 0 aliphatic rings. The van der Waals surface area contributed by atoms with Gasteiger partial charge in [-0.3, -0.25) is 0 Å². The van der Waals surface area contributed by atoms with E-state index in [1.54, 1.807) is 14.2 Å². The van der Waals surface area contributed by atoms with Gasteiger partial charge >= 0.3 is 12.0 Å². The molecule has 0 aliphatic carbocycles. The maximum Gasteiger partial charge on any atom is 0.326 e. The third-order valence-electron chi connectivity index (χ3n) is 2.42. The van der Waals surface area contributed by atoms with E-state index in [9.17, 15) is 9.59 Å². The second kappa shape index (κ2) is 8.74. The van der Waals surface area contributed by atoms with Gasteiger partial charge in [-0.05, 0) is 18.8 Å². The van der Waals surface area contributed by atoms with E-state index in [0.29, 0.717) is 31.9 Å². The lowest BCUT2D eigenvalue weighted by atomic mass is 10.1. The number of rotatable bonds is 8. The molecular formula is C12H24N2O4. The van der Waals surface area contributed by atoms with Crippen molar-refractivity contribution >= 4 is 12.0 Å². The standard InChI is InChI=1S/C12H24N2O4/c1-9(2)8-14(3)12(17)13-10(11(15)16)6-5-7-18-4/h9-10H,5-8H2,1-4H3,(H,13,17)(H,15,16). The number of hydrogen-bond donors (Lipinski definition) is 2. The van der Waals surface area contributed by atoms with Gasteiger partial charge in [0, 0.05) is 27.3 Å². The first kappa shape index (κ1) is 16.7. The molecule has 0 radical (unpaired) electrons. The number of hydrogen-bond acceptors (Lipinski definition) is 3. The lowest BCUT2D eigenvalue weighted by Gasteiger charge is -2.22. The molecule has 0 fully saturated rings. The Hall–Kier alpha value is -1.30. The predicted octanol–water partition coefficient (Wildman–Crippen LogP) is 1.16. The van der Waals surface area contributed by atoms with Crippen LogP contribution in [0.4, 0.5) is 4.79 Å². The molecule has 2 N–H and O–H groups in total. The largest absolute Gasteiger partial charge is 0.480 e. The van der Waals surface area contributed by atoms with Crippen LogP contribution in [0.15, 0.2) is 0 Å². The number of ether oxygens (including phenoxy) is 1. The summed E-state index contributed by atoms with van der Waals surface area (Å²) in [5, 5.41) is 11.5. The van der Waals surface area contributed by atoms with E-state index >= 15 is 0 Å². The highest BCUT2D eigenvalue weighted by Gasteiger charge is 2.21. The first-order valence-electron chi connectivity index (χ1n) is 6.11. The van der Waals surface area contributed by atoms with Crippen molar-refractivity contribution in [1.29, 1.82) is 0 Å². The summed E-state index contributed by atoms with van der Waals surface area (Å²) in [7, 11) is 3.22. The number of carboxylic acid groups (broad SMARTS) is 1. The molecule has 106 valence electrons. The average molecular weight is 260 g/mol. The first-order valence-corrected chi connectivity index (χ1v) is 6.11. The molecule has 0 saturated carbocycles. The Morgan fingerprint density at radius 1 is 1.39 bits per heavy atom. The van der Waals surface area contributed by atoms with Gasteiger partial charge in [0.15, 0.2) is 0 Å². The van der Waals surface area contributed by atoms with Crippen molar-refractivity contribution in [3.05, 3.63) is 0 Å². The van der Waals surface area contributed by atoms with Crippen molar-refractivity contribution in [2.45, 2.75) is 32.7 Å². The summed E-state index contributed by atoms with van der Waals surface area (Å²) in [5.41, 5.74) is 0. The molecule has 0 saturated heterocycles. The molecule has 0 aromatic heterocycles. The summed E-state index contributed by atoms with van der Waals surface area (Å²) in [6.45, 7) is 5.08. The van der Waals surface area contributed by atoms with Crippen molar-refractivity contribution in [3.63, 3.8) is 0 Å². The van der Waals surface area contributed by atoms with Crippen LogP contribution in [0.25, 0.3) is 0 Å². The maximum absolute atomic E-state index is 11.7. The van der Waals surface area contributed by atoms with E-state index in [1.165, 1.54) is 4.90 Å². The van der Waals surface area contributed by atoms with Crippen LogP contribution in [0.1, 0.15) is 26.7 Å². The van der Waals surface area contributed by atoms with E-state index in [4.69, 9.17) is 9.84 Å². The topological polar surface area (TPSA) is 78.9 Å².